The summed E-state index contributed by atoms with van der Waals surface area (Å²) in [6.07, 6.45) is 3.16. The van der Waals surface area contributed by atoms with Crippen LogP contribution >= 0.6 is 34.2 Å². The van der Waals surface area contributed by atoms with Crippen molar-refractivity contribution >= 4 is 34.2 Å². The molecule has 0 aliphatic carbocycles. The molecule has 0 aliphatic heterocycles. The maximum absolute atomic E-state index is 10.0. The van der Waals surface area contributed by atoms with Crippen molar-refractivity contribution in [3.8, 4) is 0 Å². The highest BCUT2D eigenvalue weighted by atomic mass is 127. The number of halogens is 2. The molecular weight excluding hydrogens is 399 g/mol. The van der Waals surface area contributed by atoms with Crippen LogP contribution in [0.3, 0.4) is 0 Å². The molecule has 0 saturated heterocycles. The van der Waals surface area contributed by atoms with Crippen LogP contribution in [0.5, 0.6) is 0 Å². The van der Waals surface area contributed by atoms with E-state index in [1.807, 2.05) is 0 Å². The molecule has 0 amide bonds. The lowest BCUT2D eigenvalue weighted by Gasteiger charge is -2.12. The van der Waals surface area contributed by atoms with Gasteiger partial charge >= 0.3 is 0 Å². The number of aryl methyl sites for hydroxylation is 1. The molecular formula is C16H18ClIN2O. The van der Waals surface area contributed by atoms with E-state index < -0.39 is 6.10 Å². The molecule has 0 spiro atoms. The zero-order valence-electron chi connectivity index (χ0n) is 11.6. The maximum atomic E-state index is 10.0. The van der Waals surface area contributed by atoms with Crippen LogP contribution in [0.4, 0.5) is 0 Å². The molecule has 3 nitrogen and oxygen atoms in total. The van der Waals surface area contributed by atoms with Crippen LogP contribution in [0.2, 0.25) is 5.15 Å². The van der Waals surface area contributed by atoms with Crippen molar-refractivity contribution < 1.29 is 5.11 Å². The van der Waals surface area contributed by atoms with Crippen LogP contribution in [-0.2, 0) is 6.42 Å². The average Bonchev–Trinajstić information content (AvgIpc) is 2.49. The summed E-state index contributed by atoms with van der Waals surface area (Å²) >= 11 is 8.03. The van der Waals surface area contributed by atoms with Gasteiger partial charge in [-0.1, -0.05) is 29.8 Å². The number of hydrogen-bond donors (Lipinski definition) is 2. The van der Waals surface area contributed by atoms with Crippen LogP contribution in [0.25, 0.3) is 0 Å². The molecule has 2 aromatic rings. The number of benzene rings is 1. The molecule has 5 heteroatoms. The topological polar surface area (TPSA) is 45.1 Å². The van der Waals surface area contributed by atoms with Gasteiger partial charge in [0.1, 0.15) is 5.15 Å². The third kappa shape index (κ3) is 5.90. The Bertz CT molecular complexity index is 545. The van der Waals surface area contributed by atoms with E-state index in [4.69, 9.17) is 11.6 Å². The van der Waals surface area contributed by atoms with Crippen LogP contribution in [-0.4, -0.2) is 23.2 Å². The largest absolute Gasteiger partial charge is 0.387 e. The van der Waals surface area contributed by atoms with Crippen molar-refractivity contribution in [2.75, 3.05) is 13.1 Å². The predicted octanol–water partition coefficient (Wildman–Crippen LogP) is 3.60. The second kappa shape index (κ2) is 8.68. The van der Waals surface area contributed by atoms with Crippen molar-refractivity contribution in [1.82, 2.24) is 10.3 Å². The maximum Gasteiger partial charge on any atom is 0.129 e. The standard InChI is InChI=1S/C16H18ClIN2O/c17-16-8-5-13(10-20-16)15(21)11-19-9-1-2-12-3-6-14(18)7-4-12/h3-8,10,15,19,21H,1-2,9,11H2/t15-/m0/s1. The smallest absolute Gasteiger partial charge is 0.129 e. The first-order valence-electron chi connectivity index (χ1n) is 6.90. The first kappa shape index (κ1) is 16.7. The second-order valence-corrected chi connectivity index (χ2v) is 6.50. The minimum atomic E-state index is -0.548. The summed E-state index contributed by atoms with van der Waals surface area (Å²) in [7, 11) is 0. The van der Waals surface area contributed by atoms with Gasteiger partial charge in [0.2, 0.25) is 0 Å². The molecule has 2 rings (SSSR count). The molecule has 0 unspecified atom stereocenters. The van der Waals surface area contributed by atoms with Gasteiger partial charge in [0.15, 0.2) is 0 Å². The van der Waals surface area contributed by atoms with Gasteiger partial charge in [-0.05, 0) is 65.7 Å². The highest BCUT2D eigenvalue weighted by Crippen LogP contribution is 2.13. The third-order valence-electron chi connectivity index (χ3n) is 3.20. The minimum absolute atomic E-state index is 0.441. The van der Waals surface area contributed by atoms with Gasteiger partial charge in [0, 0.05) is 21.9 Å². The van der Waals surface area contributed by atoms with Crippen molar-refractivity contribution in [3.63, 3.8) is 0 Å². The fourth-order valence-electron chi connectivity index (χ4n) is 2.01. The highest BCUT2D eigenvalue weighted by molar-refractivity contribution is 14.1. The Morgan fingerprint density at radius 1 is 1.19 bits per heavy atom. The average molecular weight is 417 g/mol. The number of hydrogen-bond acceptors (Lipinski definition) is 3. The van der Waals surface area contributed by atoms with Crippen LogP contribution in [0.15, 0.2) is 42.6 Å². The van der Waals surface area contributed by atoms with Gasteiger partial charge < -0.3 is 10.4 Å². The zero-order chi connectivity index (χ0) is 15.1. The van der Waals surface area contributed by atoms with Crippen LogP contribution in [0, 0.1) is 3.57 Å². The predicted molar refractivity (Wildman–Crippen MR) is 94.6 cm³/mol. The van der Waals surface area contributed by atoms with Gasteiger partial charge in [0.25, 0.3) is 0 Å². The van der Waals surface area contributed by atoms with Crippen molar-refractivity contribution in [2.24, 2.45) is 0 Å². The molecule has 0 bridgehead atoms. The van der Waals surface area contributed by atoms with Gasteiger partial charge in [-0.15, -0.1) is 0 Å². The molecule has 112 valence electrons. The lowest BCUT2D eigenvalue weighted by Crippen LogP contribution is -2.23. The summed E-state index contributed by atoms with van der Waals surface area (Å²) in [5.41, 5.74) is 2.13. The van der Waals surface area contributed by atoms with Gasteiger partial charge in [0.05, 0.1) is 6.10 Å². The summed E-state index contributed by atoms with van der Waals surface area (Å²) in [5, 5.41) is 13.7. The lowest BCUT2D eigenvalue weighted by atomic mass is 10.1. The van der Waals surface area contributed by atoms with E-state index in [-0.39, 0.29) is 0 Å². The summed E-state index contributed by atoms with van der Waals surface area (Å²) in [6, 6.07) is 12.1. The lowest BCUT2D eigenvalue weighted by molar-refractivity contribution is 0.174. The summed E-state index contributed by atoms with van der Waals surface area (Å²) < 4.78 is 1.26. The Kier molecular flexibility index (Phi) is 6.89. The van der Waals surface area contributed by atoms with Crippen molar-refractivity contribution in [3.05, 3.63) is 62.4 Å². The number of nitrogens with one attached hydrogen (secondary N) is 1. The molecule has 1 atom stereocenters. The Hall–Kier alpha value is -0.690. The van der Waals surface area contributed by atoms with Crippen LogP contribution in [0.1, 0.15) is 23.7 Å². The third-order valence-corrected chi connectivity index (χ3v) is 4.15. The summed E-state index contributed by atoms with van der Waals surface area (Å²) in [5.74, 6) is 0. The molecule has 2 N–H and O–H groups in total. The normalized spacial score (nSPS) is 12.3. The SMILES string of the molecule is O[C@@H](CNCCCc1ccc(I)cc1)c1ccc(Cl)nc1. The van der Waals surface area contributed by atoms with E-state index in [1.54, 1.807) is 18.3 Å². The molecule has 0 aliphatic rings. The molecule has 21 heavy (non-hydrogen) atoms. The number of aliphatic hydroxyl groups is 1. The quantitative estimate of drug-likeness (QED) is 0.412. The number of pyridine rings is 1. The number of nitrogens with zero attached hydrogens (tertiary/aromatic N) is 1. The molecule has 0 radical (unpaired) electrons. The summed E-state index contributed by atoms with van der Waals surface area (Å²) in [4.78, 5) is 3.97. The van der Waals surface area contributed by atoms with Crippen LogP contribution < -0.4 is 5.32 Å². The van der Waals surface area contributed by atoms with Gasteiger partial charge in [-0.2, -0.15) is 0 Å². The Morgan fingerprint density at radius 2 is 1.95 bits per heavy atom. The number of aromatic nitrogens is 1. The number of aliphatic hydroxyl groups excluding tert-OH is 1. The van der Waals surface area contributed by atoms with E-state index in [9.17, 15) is 5.11 Å². The van der Waals surface area contributed by atoms with Crippen molar-refractivity contribution in [2.45, 2.75) is 18.9 Å². The fraction of sp³-hybridized carbons (Fsp3) is 0.312. The molecule has 0 fully saturated rings. The highest BCUT2D eigenvalue weighted by Gasteiger charge is 2.07. The number of rotatable bonds is 7. The Morgan fingerprint density at radius 3 is 2.62 bits per heavy atom. The fourth-order valence-corrected chi connectivity index (χ4v) is 2.48. The molecule has 0 saturated carbocycles. The van der Waals surface area contributed by atoms with E-state index in [0.29, 0.717) is 11.7 Å². The van der Waals surface area contributed by atoms with E-state index in [2.05, 4.69) is 57.2 Å². The molecule has 1 aromatic heterocycles. The molecule has 1 heterocycles. The van der Waals surface area contributed by atoms with E-state index in [0.717, 1.165) is 24.9 Å². The Balaban J connectivity index is 1.65. The molecule has 1 aromatic carbocycles. The van der Waals surface area contributed by atoms with E-state index in [1.165, 1.54) is 9.13 Å². The van der Waals surface area contributed by atoms with Gasteiger partial charge in [-0.25, -0.2) is 4.98 Å². The summed E-state index contributed by atoms with van der Waals surface area (Å²) in [6.45, 7) is 1.40. The first-order chi connectivity index (χ1) is 10.1. The first-order valence-corrected chi connectivity index (χ1v) is 8.35. The Labute approximate surface area is 143 Å². The minimum Gasteiger partial charge on any atom is -0.387 e. The second-order valence-electron chi connectivity index (χ2n) is 4.86. The van der Waals surface area contributed by atoms with E-state index >= 15 is 0 Å². The zero-order valence-corrected chi connectivity index (χ0v) is 14.5. The van der Waals surface area contributed by atoms with Gasteiger partial charge in [-0.3, -0.25) is 0 Å². The van der Waals surface area contributed by atoms with Crippen molar-refractivity contribution in [1.29, 1.82) is 0 Å². The monoisotopic (exact) mass is 416 g/mol.